The number of methoxy groups -OCH3 is 1. The van der Waals surface area contributed by atoms with E-state index in [1.807, 2.05) is 25.1 Å². The molecule has 1 amide bonds. The van der Waals surface area contributed by atoms with E-state index in [-0.39, 0.29) is 18.1 Å². The summed E-state index contributed by atoms with van der Waals surface area (Å²) in [7, 11) is 1.62. The van der Waals surface area contributed by atoms with Gasteiger partial charge in [0.05, 0.1) is 25.9 Å². The molecule has 0 aromatic heterocycles. The van der Waals surface area contributed by atoms with Crippen LogP contribution in [0.25, 0.3) is 0 Å². The molecule has 1 aliphatic rings. The van der Waals surface area contributed by atoms with E-state index in [0.29, 0.717) is 31.2 Å². The summed E-state index contributed by atoms with van der Waals surface area (Å²) >= 11 is 0. The Hall–Kier alpha value is -1.79. The fourth-order valence-electron chi connectivity index (χ4n) is 2.94. The average molecular weight is 364 g/mol. The third-order valence-electron chi connectivity index (χ3n) is 4.66. The number of carbonyl (C=O) groups excluding carboxylic acids is 1. The second kappa shape index (κ2) is 9.78. The molecular weight excluding hydrogens is 332 g/mol. The number of hydrogen-bond donors (Lipinski definition) is 2. The highest BCUT2D eigenvalue weighted by Gasteiger charge is 2.30. The second-order valence-electron chi connectivity index (χ2n) is 7.23. The first-order valence-electron chi connectivity index (χ1n) is 9.41. The zero-order chi connectivity index (χ0) is 19.1. The molecule has 1 unspecified atom stereocenters. The Morgan fingerprint density at radius 1 is 1.31 bits per heavy atom. The van der Waals surface area contributed by atoms with Crippen molar-refractivity contribution in [2.75, 3.05) is 20.3 Å². The van der Waals surface area contributed by atoms with E-state index in [2.05, 4.69) is 19.2 Å². The number of ether oxygens (including phenoxy) is 3. The molecule has 1 aromatic rings. The van der Waals surface area contributed by atoms with Crippen molar-refractivity contribution in [2.24, 2.45) is 11.7 Å². The predicted molar refractivity (Wildman–Crippen MR) is 101 cm³/mol. The summed E-state index contributed by atoms with van der Waals surface area (Å²) < 4.78 is 16.9. The molecule has 3 atom stereocenters. The molecule has 1 saturated heterocycles. The van der Waals surface area contributed by atoms with E-state index in [1.165, 1.54) is 0 Å². The SMILES string of the molecule is COc1cc(C(C)NC(=O)[C@@H]2CC[C@H](CN)O2)ccc1OCCC(C)C. The van der Waals surface area contributed by atoms with Gasteiger partial charge in [0, 0.05) is 6.54 Å². The van der Waals surface area contributed by atoms with Crippen LogP contribution in [0, 0.1) is 5.92 Å². The maximum atomic E-state index is 12.4. The zero-order valence-corrected chi connectivity index (χ0v) is 16.3. The van der Waals surface area contributed by atoms with Crippen molar-refractivity contribution in [1.82, 2.24) is 5.32 Å². The van der Waals surface area contributed by atoms with E-state index >= 15 is 0 Å². The van der Waals surface area contributed by atoms with Crippen LogP contribution in [-0.2, 0) is 9.53 Å². The minimum atomic E-state index is -0.411. The first-order valence-corrected chi connectivity index (χ1v) is 9.41. The van der Waals surface area contributed by atoms with Gasteiger partial charge in [-0.05, 0) is 49.8 Å². The summed E-state index contributed by atoms with van der Waals surface area (Å²) in [6.45, 7) is 7.38. The lowest BCUT2D eigenvalue weighted by Crippen LogP contribution is -2.37. The van der Waals surface area contributed by atoms with Crippen molar-refractivity contribution in [3.05, 3.63) is 23.8 Å². The normalized spacial score (nSPS) is 20.8. The van der Waals surface area contributed by atoms with E-state index < -0.39 is 6.10 Å². The molecule has 6 heteroatoms. The van der Waals surface area contributed by atoms with Gasteiger partial charge >= 0.3 is 0 Å². The fraction of sp³-hybridized carbons (Fsp3) is 0.650. The van der Waals surface area contributed by atoms with Gasteiger partial charge in [0.25, 0.3) is 0 Å². The molecule has 0 radical (unpaired) electrons. The van der Waals surface area contributed by atoms with E-state index in [4.69, 9.17) is 19.9 Å². The molecule has 146 valence electrons. The summed E-state index contributed by atoms with van der Waals surface area (Å²) in [5, 5.41) is 3.01. The number of hydrogen-bond acceptors (Lipinski definition) is 5. The summed E-state index contributed by atoms with van der Waals surface area (Å²) in [5.74, 6) is 1.89. The van der Waals surface area contributed by atoms with Gasteiger partial charge in [-0.3, -0.25) is 4.79 Å². The highest BCUT2D eigenvalue weighted by atomic mass is 16.5. The highest BCUT2D eigenvalue weighted by Crippen LogP contribution is 2.31. The van der Waals surface area contributed by atoms with E-state index in [1.54, 1.807) is 7.11 Å². The first kappa shape index (κ1) is 20.5. The van der Waals surface area contributed by atoms with Crippen molar-refractivity contribution in [2.45, 2.75) is 58.3 Å². The fourth-order valence-corrected chi connectivity index (χ4v) is 2.94. The molecule has 1 fully saturated rings. The molecule has 3 N–H and O–H groups in total. The summed E-state index contributed by atoms with van der Waals surface area (Å²) in [4.78, 5) is 12.4. The van der Waals surface area contributed by atoms with Gasteiger partial charge in [-0.15, -0.1) is 0 Å². The Labute approximate surface area is 156 Å². The van der Waals surface area contributed by atoms with Gasteiger partial charge in [-0.2, -0.15) is 0 Å². The van der Waals surface area contributed by atoms with Crippen molar-refractivity contribution < 1.29 is 19.0 Å². The second-order valence-corrected chi connectivity index (χ2v) is 7.23. The van der Waals surface area contributed by atoms with Gasteiger partial charge in [-0.25, -0.2) is 0 Å². The molecule has 2 rings (SSSR count). The molecular formula is C20H32N2O4. The first-order chi connectivity index (χ1) is 12.4. The lowest BCUT2D eigenvalue weighted by molar-refractivity contribution is -0.132. The van der Waals surface area contributed by atoms with Gasteiger partial charge in [0.2, 0.25) is 5.91 Å². The topological polar surface area (TPSA) is 82.8 Å². The van der Waals surface area contributed by atoms with Crippen LogP contribution in [0.2, 0.25) is 0 Å². The third kappa shape index (κ3) is 5.61. The van der Waals surface area contributed by atoms with Gasteiger partial charge in [0.15, 0.2) is 11.5 Å². The highest BCUT2D eigenvalue weighted by molar-refractivity contribution is 5.81. The smallest absolute Gasteiger partial charge is 0.249 e. The molecule has 0 saturated carbocycles. The molecule has 26 heavy (non-hydrogen) atoms. The van der Waals surface area contributed by atoms with Gasteiger partial charge in [-0.1, -0.05) is 19.9 Å². The summed E-state index contributed by atoms with van der Waals surface area (Å²) in [6.07, 6.45) is 2.11. The number of benzene rings is 1. The predicted octanol–water partition coefficient (Wildman–Crippen LogP) is 2.80. The summed E-state index contributed by atoms with van der Waals surface area (Å²) in [6, 6.07) is 5.61. The van der Waals surface area contributed by atoms with Crippen LogP contribution in [0.15, 0.2) is 18.2 Å². The molecule has 0 bridgehead atoms. The molecule has 1 aromatic carbocycles. The van der Waals surface area contributed by atoms with E-state index in [0.717, 1.165) is 24.2 Å². The number of nitrogens with one attached hydrogen (secondary N) is 1. The lowest BCUT2D eigenvalue weighted by atomic mass is 10.1. The number of rotatable bonds is 9. The van der Waals surface area contributed by atoms with Crippen molar-refractivity contribution in [1.29, 1.82) is 0 Å². The average Bonchev–Trinajstić information content (AvgIpc) is 3.10. The van der Waals surface area contributed by atoms with Crippen molar-refractivity contribution >= 4 is 5.91 Å². The van der Waals surface area contributed by atoms with Crippen LogP contribution in [0.5, 0.6) is 11.5 Å². The Bertz CT molecular complexity index is 591. The van der Waals surface area contributed by atoms with Crippen LogP contribution < -0.4 is 20.5 Å². The Balaban J connectivity index is 1.95. The van der Waals surface area contributed by atoms with Crippen LogP contribution in [0.1, 0.15) is 51.6 Å². The third-order valence-corrected chi connectivity index (χ3v) is 4.66. The Morgan fingerprint density at radius 3 is 2.69 bits per heavy atom. The quantitative estimate of drug-likeness (QED) is 0.704. The van der Waals surface area contributed by atoms with Crippen molar-refractivity contribution in [3.63, 3.8) is 0 Å². The van der Waals surface area contributed by atoms with E-state index in [9.17, 15) is 4.79 Å². The van der Waals surface area contributed by atoms with Crippen LogP contribution in [0.3, 0.4) is 0 Å². The van der Waals surface area contributed by atoms with Crippen LogP contribution in [-0.4, -0.2) is 38.4 Å². The Kier molecular flexibility index (Phi) is 7.72. The maximum absolute atomic E-state index is 12.4. The maximum Gasteiger partial charge on any atom is 0.249 e. The molecule has 6 nitrogen and oxygen atoms in total. The largest absolute Gasteiger partial charge is 0.493 e. The minimum Gasteiger partial charge on any atom is -0.493 e. The zero-order valence-electron chi connectivity index (χ0n) is 16.3. The standard InChI is InChI=1S/C20H32N2O4/c1-13(2)9-10-25-17-7-5-15(11-19(17)24-4)14(3)22-20(23)18-8-6-16(12-21)26-18/h5,7,11,13-14,16,18H,6,8-10,12,21H2,1-4H3,(H,22,23)/t14?,16-,18+/m1/s1. The minimum absolute atomic E-state index is 0.0107. The van der Waals surface area contributed by atoms with Gasteiger partial charge < -0.3 is 25.3 Å². The van der Waals surface area contributed by atoms with Crippen LogP contribution >= 0.6 is 0 Å². The molecule has 0 spiro atoms. The monoisotopic (exact) mass is 364 g/mol. The lowest BCUT2D eigenvalue weighted by Gasteiger charge is -2.19. The molecule has 1 aliphatic heterocycles. The molecule has 1 heterocycles. The summed E-state index contributed by atoms with van der Waals surface area (Å²) in [5.41, 5.74) is 6.56. The Morgan fingerprint density at radius 2 is 2.08 bits per heavy atom. The van der Waals surface area contributed by atoms with Gasteiger partial charge in [0.1, 0.15) is 6.10 Å². The van der Waals surface area contributed by atoms with Crippen molar-refractivity contribution in [3.8, 4) is 11.5 Å². The number of nitrogens with two attached hydrogens (primary N) is 1. The van der Waals surface area contributed by atoms with Crippen LogP contribution in [0.4, 0.5) is 0 Å². The number of carbonyl (C=O) groups is 1. The molecule has 0 aliphatic carbocycles. The number of amides is 1.